The summed E-state index contributed by atoms with van der Waals surface area (Å²) in [6.07, 6.45) is 0.667. The van der Waals surface area contributed by atoms with E-state index in [1.165, 1.54) is 22.2 Å². The third kappa shape index (κ3) is 1.54. The van der Waals surface area contributed by atoms with E-state index in [0.29, 0.717) is 18.3 Å². The van der Waals surface area contributed by atoms with Gasteiger partial charge in [-0.2, -0.15) is 5.26 Å². The van der Waals surface area contributed by atoms with Crippen LogP contribution in [-0.4, -0.2) is 4.57 Å². The molecule has 2 aromatic rings. The monoisotopic (exact) mass is 252 g/mol. The second-order valence-electron chi connectivity index (χ2n) is 6.34. The Kier molecular flexibility index (Phi) is 2.50. The summed E-state index contributed by atoms with van der Waals surface area (Å²) in [6, 6.07) is 11.0. The van der Waals surface area contributed by atoms with Gasteiger partial charge in [0, 0.05) is 30.1 Å². The number of nitrogens with zero attached hydrogens (tertiary/aromatic N) is 2. The van der Waals surface area contributed by atoms with Crippen LogP contribution >= 0.6 is 0 Å². The molecule has 0 spiro atoms. The van der Waals surface area contributed by atoms with Crippen LogP contribution in [0.15, 0.2) is 24.3 Å². The van der Waals surface area contributed by atoms with Crippen LogP contribution in [0.4, 0.5) is 0 Å². The first kappa shape index (κ1) is 12.3. The molecule has 98 valence electrons. The first-order chi connectivity index (χ1) is 9.00. The minimum Gasteiger partial charge on any atom is -0.348 e. The molecule has 0 amide bonds. The zero-order chi connectivity index (χ0) is 13.8. The fourth-order valence-corrected chi connectivity index (χ4v) is 3.74. The highest BCUT2D eigenvalue weighted by Crippen LogP contribution is 2.67. The van der Waals surface area contributed by atoms with Crippen molar-refractivity contribution in [1.29, 1.82) is 5.26 Å². The number of rotatable bonds is 2. The molecular formula is C17H20N2. The molecule has 0 radical (unpaired) electrons. The number of hydrogen-bond donors (Lipinski definition) is 0. The predicted molar refractivity (Wildman–Crippen MR) is 77.9 cm³/mol. The summed E-state index contributed by atoms with van der Waals surface area (Å²) in [5, 5.41) is 10.4. The molecule has 3 rings (SSSR count). The zero-order valence-electron chi connectivity index (χ0n) is 12.1. The third-order valence-corrected chi connectivity index (χ3v) is 5.12. The van der Waals surface area contributed by atoms with Crippen LogP contribution in [0.3, 0.4) is 0 Å². The Bertz CT molecular complexity index is 685. The number of nitriles is 1. The molecule has 1 aliphatic rings. The van der Waals surface area contributed by atoms with Gasteiger partial charge in [0.25, 0.3) is 0 Å². The molecule has 0 unspecified atom stereocenters. The molecule has 1 aliphatic carbocycles. The summed E-state index contributed by atoms with van der Waals surface area (Å²) in [5.74, 6) is 1.03. The molecule has 19 heavy (non-hydrogen) atoms. The van der Waals surface area contributed by atoms with E-state index in [0.717, 1.165) is 0 Å². The SMILES string of the molecule is Cc1c([C@H]2[C@@H](CC#N)C2(C)C)c2ccccc2n1C. The highest BCUT2D eigenvalue weighted by molar-refractivity contribution is 5.86. The highest BCUT2D eigenvalue weighted by atomic mass is 14.9. The average molecular weight is 252 g/mol. The molecule has 1 fully saturated rings. The standard InChI is InChI=1S/C17H20N2/c1-11-15(16-13(9-10-18)17(16,2)3)12-7-5-6-8-14(12)19(11)4/h5-8,13,16H,9H2,1-4H3/t13-,16-/m1/s1. The van der Waals surface area contributed by atoms with Gasteiger partial charge in [0.05, 0.1) is 6.07 Å². The lowest BCUT2D eigenvalue weighted by Crippen LogP contribution is -1.94. The Morgan fingerprint density at radius 1 is 1.32 bits per heavy atom. The molecule has 0 N–H and O–H groups in total. The van der Waals surface area contributed by atoms with E-state index in [1.807, 2.05) is 0 Å². The Labute approximate surface area is 114 Å². The largest absolute Gasteiger partial charge is 0.348 e. The van der Waals surface area contributed by atoms with Gasteiger partial charge in [0.1, 0.15) is 0 Å². The second-order valence-corrected chi connectivity index (χ2v) is 6.34. The second kappa shape index (κ2) is 3.87. The molecule has 0 saturated heterocycles. The van der Waals surface area contributed by atoms with Crippen molar-refractivity contribution in [3.63, 3.8) is 0 Å². The Morgan fingerprint density at radius 2 is 2.00 bits per heavy atom. The molecule has 1 saturated carbocycles. The number of fused-ring (bicyclic) bond motifs is 1. The lowest BCUT2D eigenvalue weighted by Gasteiger charge is -2.04. The van der Waals surface area contributed by atoms with E-state index in [2.05, 4.69) is 62.7 Å². The first-order valence-corrected chi connectivity index (χ1v) is 6.91. The van der Waals surface area contributed by atoms with Crippen molar-refractivity contribution in [2.24, 2.45) is 18.4 Å². The van der Waals surface area contributed by atoms with Gasteiger partial charge in [-0.25, -0.2) is 0 Å². The normalized spacial score (nSPS) is 24.4. The Balaban J connectivity index is 2.18. The molecule has 1 aromatic heterocycles. The fourth-order valence-electron chi connectivity index (χ4n) is 3.74. The zero-order valence-corrected chi connectivity index (χ0v) is 12.1. The van der Waals surface area contributed by atoms with Gasteiger partial charge < -0.3 is 4.57 Å². The lowest BCUT2D eigenvalue weighted by molar-refractivity contribution is 0.559. The summed E-state index contributed by atoms with van der Waals surface area (Å²) < 4.78 is 2.28. The van der Waals surface area contributed by atoms with Crippen LogP contribution in [-0.2, 0) is 7.05 Å². The van der Waals surface area contributed by atoms with Crippen molar-refractivity contribution < 1.29 is 0 Å². The minimum absolute atomic E-state index is 0.255. The smallest absolute Gasteiger partial charge is 0.0625 e. The molecule has 2 heteroatoms. The van der Waals surface area contributed by atoms with Gasteiger partial charge >= 0.3 is 0 Å². The van der Waals surface area contributed by atoms with E-state index in [1.54, 1.807) is 0 Å². The van der Waals surface area contributed by atoms with Crippen LogP contribution in [0.1, 0.15) is 37.4 Å². The van der Waals surface area contributed by atoms with Gasteiger partial charge in [-0.3, -0.25) is 0 Å². The summed E-state index contributed by atoms with van der Waals surface area (Å²) >= 11 is 0. The molecule has 1 heterocycles. The molecule has 0 bridgehead atoms. The van der Waals surface area contributed by atoms with E-state index in [9.17, 15) is 0 Å². The summed E-state index contributed by atoms with van der Waals surface area (Å²) in [5.41, 5.74) is 4.36. The molecule has 2 atom stereocenters. The quantitative estimate of drug-likeness (QED) is 0.789. The van der Waals surface area contributed by atoms with E-state index >= 15 is 0 Å². The first-order valence-electron chi connectivity index (χ1n) is 6.91. The lowest BCUT2D eigenvalue weighted by atomic mass is 10.0. The van der Waals surface area contributed by atoms with Gasteiger partial charge in [-0.05, 0) is 35.8 Å². The Hall–Kier alpha value is -1.75. The maximum absolute atomic E-state index is 9.01. The maximum Gasteiger partial charge on any atom is 0.0625 e. The van der Waals surface area contributed by atoms with Crippen molar-refractivity contribution in [3.05, 3.63) is 35.5 Å². The van der Waals surface area contributed by atoms with Crippen molar-refractivity contribution in [1.82, 2.24) is 4.57 Å². The van der Waals surface area contributed by atoms with Gasteiger partial charge in [-0.15, -0.1) is 0 Å². The van der Waals surface area contributed by atoms with Crippen molar-refractivity contribution in [2.45, 2.75) is 33.1 Å². The molecule has 2 nitrogen and oxygen atoms in total. The minimum atomic E-state index is 0.255. The number of benzene rings is 1. The van der Waals surface area contributed by atoms with Crippen molar-refractivity contribution >= 4 is 10.9 Å². The summed E-state index contributed by atoms with van der Waals surface area (Å²) in [6.45, 7) is 6.79. The summed E-state index contributed by atoms with van der Waals surface area (Å²) in [4.78, 5) is 0. The van der Waals surface area contributed by atoms with E-state index in [-0.39, 0.29) is 5.41 Å². The van der Waals surface area contributed by atoms with Gasteiger partial charge in [-0.1, -0.05) is 32.0 Å². The van der Waals surface area contributed by atoms with E-state index < -0.39 is 0 Å². The number of para-hydroxylation sites is 1. The van der Waals surface area contributed by atoms with Crippen LogP contribution in [0.5, 0.6) is 0 Å². The molecule has 1 aromatic carbocycles. The predicted octanol–water partition coefficient (Wildman–Crippen LogP) is 4.14. The van der Waals surface area contributed by atoms with Crippen molar-refractivity contribution in [2.75, 3.05) is 0 Å². The van der Waals surface area contributed by atoms with Crippen LogP contribution in [0.2, 0.25) is 0 Å². The topological polar surface area (TPSA) is 28.7 Å². The number of aromatic nitrogens is 1. The van der Waals surface area contributed by atoms with Crippen molar-refractivity contribution in [3.8, 4) is 6.07 Å². The third-order valence-electron chi connectivity index (χ3n) is 5.12. The van der Waals surface area contributed by atoms with Gasteiger partial charge in [0.2, 0.25) is 0 Å². The van der Waals surface area contributed by atoms with E-state index in [4.69, 9.17) is 5.26 Å². The fraction of sp³-hybridized carbons (Fsp3) is 0.471. The molecular weight excluding hydrogens is 232 g/mol. The Morgan fingerprint density at radius 3 is 2.68 bits per heavy atom. The van der Waals surface area contributed by atoms with Crippen LogP contribution in [0.25, 0.3) is 10.9 Å². The van der Waals surface area contributed by atoms with Crippen LogP contribution in [0, 0.1) is 29.6 Å². The maximum atomic E-state index is 9.01. The summed E-state index contributed by atoms with van der Waals surface area (Å²) in [7, 11) is 2.13. The number of hydrogen-bond acceptors (Lipinski definition) is 1. The van der Waals surface area contributed by atoms with Crippen LogP contribution < -0.4 is 0 Å². The molecule has 0 aliphatic heterocycles. The number of aryl methyl sites for hydroxylation is 1. The highest BCUT2D eigenvalue weighted by Gasteiger charge is 2.59. The van der Waals surface area contributed by atoms with Gasteiger partial charge in [0.15, 0.2) is 0 Å². The average Bonchev–Trinajstić information content (AvgIpc) is 2.81.